The van der Waals surface area contributed by atoms with Crippen molar-refractivity contribution in [3.8, 4) is 0 Å². The largest absolute Gasteiger partial charge is 0.388 e. The number of hydrogen-bond acceptors (Lipinski definition) is 3. The lowest BCUT2D eigenvalue weighted by Gasteiger charge is -2.21. The average molecular weight is 248 g/mol. The molecule has 2 rings (SSSR count). The summed E-state index contributed by atoms with van der Waals surface area (Å²) in [5, 5.41) is 9.84. The molecule has 1 atom stereocenters. The van der Waals surface area contributed by atoms with E-state index in [0.29, 0.717) is 0 Å². The first kappa shape index (κ1) is 10.9. The normalized spacial score (nSPS) is 23.3. The molecule has 0 fully saturated rings. The van der Waals surface area contributed by atoms with E-state index in [1.807, 2.05) is 0 Å². The number of thiophene rings is 1. The van der Waals surface area contributed by atoms with Crippen LogP contribution < -0.4 is 0 Å². The topological polar surface area (TPSA) is 20.2 Å². The van der Waals surface area contributed by atoms with E-state index in [1.54, 1.807) is 11.3 Å². The fourth-order valence-corrected chi connectivity index (χ4v) is 4.73. The van der Waals surface area contributed by atoms with Gasteiger partial charge in [-0.1, -0.05) is 0 Å². The molecular weight excluding hydrogens is 232 g/mol. The number of aryl methyl sites for hydroxylation is 1. The zero-order valence-electron chi connectivity index (χ0n) is 8.49. The Labute approximate surface area is 95.7 Å². The Morgan fingerprint density at radius 1 is 1.57 bits per heavy atom. The standard InChI is InChI=1S/C10H16OS3/c1-14(2,12)9-6-7-4-3-5-8(11)10(7)13-9/h6,8,11-12H,3-5H2,1-2H3. The van der Waals surface area contributed by atoms with Crippen molar-refractivity contribution in [2.24, 2.45) is 0 Å². The molecule has 0 aromatic carbocycles. The molecule has 1 nitrogen and oxygen atoms in total. The van der Waals surface area contributed by atoms with Gasteiger partial charge in [0, 0.05) is 4.88 Å². The molecule has 0 bridgehead atoms. The number of aliphatic hydroxyl groups is 1. The maximum atomic E-state index is 9.84. The Balaban J connectivity index is 2.40. The predicted octanol–water partition coefficient (Wildman–Crippen LogP) is 3.39. The minimum absolute atomic E-state index is 0.215. The first-order valence-corrected chi connectivity index (χ1v) is 9.07. The van der Waals surface area contributed by atoms with Crippen molar-refractivity contribution < 1.29 is 5.11 Å². The number of rotatable bonds is 1. The van der Waals surface area contributed by atoms with Crippen molar-refractivity contribution >= 4 is 32.1 Å². The highest BCUT2D eigenvalue weighted by Gasteiger charge is 2.23. The van der Waals surface area contributed by atoms with Crippen LogP contribution in [0, 0.1) is 0 Å². The maximum Gasteiger partial charge on any atom is 0.0885 e. The third kappa shape index (κ3) is 1.98. The van der Waals surface area contributed by atoms with E-state index in [-0.39, 0.29) is 6.10 Å². The third-order valence-corrected chi connectivity index (χ3v) is 7.17. The Kier molecular flexibility index (Phi) is 2.90. The molecule has 4 heteroatoms. The van der Waals surface area contributed by atoms with Crippen molar-refractivity contribution in [1.82, 2.24) is 0 Å². The van der Waals surface area contributed by atoms with Crippen LogP contribution in [0.2, 0.25) is 0 Å². The molecule has 0 saturated carbocycles. The van der Waals surface area contributed by atoms with Crippen LogP contribution in [0.1, 0.15) is 29.4 Å². The second kappa shape index (κ2) is 3.74. The minimum Gasteiger partial charge on any atom is -0.388 e. The van der Waals surface area contributed by atoms with E-state index in [0.717, 1.165) is 19.3 Å². The summed E-state index contributed by atoms with van der Waals surface area (Å²) in [6.45, 7) is 0. The van der Waals surface area contributed by atoms with Gasteiger partial charge in [-0.05, 0) is 43.4 Å². The highest BCUT2D eigenvalue weighted by Crippen LogP contribution is 2.57. The Morgan fingerprint density at radius 2 is 2.29 bits per heavy atom. The third-order valence-electron chi connectivity index (χ3n) is 2.54. The van der Waals surface area contributed by atoms with Gasteiger partial charge in [-0.2, -0.15) is 9.06 Å². The van der Waals surface area contributed by atoms with Crippen LogP contribution in [-0.2, 0) is 6.42 Å². The highest BCUT2D eigenvalue weighted by atomic mass is 33.1. The SMILES string of the molecule is CS(C)(S)c1cc2c(s1)C(O)CCC2. The summed E-state index contributed by atoms with van der Waals surface area (Å²) in [7, 11) is -0.918. The number of hydrogen-bond donors (Lipinski definition) is 2. The summed E-state index contributed by atoms with van der Waals surface area (Å²) in [6.07, 6.45) is 7.32. The molecule has 0 radical (unpaired) electrons. The maximum absolute atomic E-state index is 9.84. The average Bonchev–Trinajstić information content (AvgIpc) is 2.48. The molecule has 1 heterocycles. The predicted molar refractivity (Wildman–Crippen MR) is 68.9 cm³/mol. The molecule has 0 aliphatic heterocycles. The van der Waals surface area contributed by atoms with Gasteiger partial charge in [0.1, 0.15) is 0 Å². The van der Waals surface area contributed by atoms with Gasteiger partial charge >= 0.3 is 0 Å². The van der Waals surface area contributed by atoms with Crippen molar-refractivity contribution in [2.75, 3.05) is 12.5 Å². The van der Waals surface area contributed by atoms with Gasteiger partial charge in [-0.25, -0.2) is 0 Å². The zero-order chi connectivity index (χ0) is 10.3. The van der Waals surface area contributed by atoms with Gasteiger partial charge in [-0.3, -0.25) is 0 Å². The molecule has 1 aliphatic carbocycles. The van der Waals surface area contributed by atoms with Crippen LogP contribution in [0.15, 0.2) is 10.3 Å². The van der Waals surface area contributed by atoms with Gasteiger partial charge < -0.3 is 5.11 Å². The van der Waals surface area contributed by atoms with Gasteiger partial charge in [0.05, 0.1) is 10.3 Å². The number of fused-ring (bicyclic) bond motifs is 1. The van der Waals surface area contributed by atoms with E-state index < -0.39 is 9.06 Å². The monoisotopic (exact) mass is 248 g/mol. The Bertz CT molecular complexity index is 338. The second-order valence-corrected chi connectivity index (χ2v) is 11.2. The molecule has 0 spiro atoms. The first-order chi connectivity index (χ1) is 6.48. The van der Waals surface area contributed by atoms with Crippen molar-refractivity contribution in [2.45, 2.75) is 29.6 Å². The molecule has 1 aromatic rings. The summed E-state index contributed by atoms with van der Waals surface area (Å²) < 4.78 is 1.35. The van der Waals surface area contributed by atoms with Crippen LogP contribution in [0.4, 0.5) is 0 Å². The number of thiol groups is 1. The lowest BCUT2D eigenvalue weighted by molar-refractivity contribution is 0.161. The second-order valence-electron chi connectivity index (χ2n) is 4.14. The van der Waals surface area contributed by atoms with Crippen molar-refractivity contribution in [1.29, 1.82) is 0 Å². The minimum atomic E-state index is -0.918. The van der Waals surface area contributed by atoms with E-state index in [4.69, 9.17) is 0 Å². The summed E-state index contributed by atoms with van der Waals surface area (Å²) in [4.78, 5) is 1.20. The van der Waals surface area contributed by atoms with Crippen LogP contribution in [0.25, 0.3) is 0 Å². The summed E-state index contributed by atoms with van der Waals surface area (Å²) in [5.41, 5.74) is 1.36. The molecule has 1 unspecified atom stereocenters. The molecule has 1 aromatic heterocycles. The van der Waals surface area contributed by atoms with Crippen LogP contribution >= 0.6 is 32.1 Å². The van der Waals surface area contributed by atoms with E-state index >= 15 is 0 Å². The molecule has 1 aliphatic rings. The molecule has 1 N–H and O–H groups in total. The lowest BCUT2D eigenvalue weighted by atomic mass is 9.97. The van der Waals surface area contributed by atoms with E-state index in [1.165, 1.54) is 14.6 Å². The fourth-order valence-electron chi connectivity index (χ4n) is 1.76. The van der Waals surface area contributed by atoms with Gasteiger partial charge in [0.2, 0.25) is 0 Å². The van der Waals surface area contributed by atoms with Crippen LogP contribution in [-0.4, -0.2) is 17.6 Å². The Morgan fingerprint density at radius 3 is 2.86 bits per heavy atom. The van der Waals surface area contributed by atoms with Gasteiger partial charge in [-0.15, -0.1) is 23.0 Å². The van der Waals surface area contributed by atoms with E-state index in [2.05, 4.69) is 30.2 Å². The quantitative estimate of drug-likeness (QED) is 0.576. The van der Waals surface area contributed by atoms with E-state index in [9.17, 15) is 5.11 Å². The lowest BCUT2D eigenvalue weighted by Crippen LogP contribution is -2.04. The zero-order valence-corrected chi connectivity index (χ0v) is 11.0. The summed E-state index contributed by atoms with van der Waals surface area (Å²) >= 11 is 6.41. The highest BCUT2D eigenvalue weighted by molar-refractivity contribution is 8.87. The smallest absolute Gasteiger partial charge is 0.0885 e. The molecule has 0 saturated heterocycles. The first-order valence-electron chi connectivity index (χ1n) is 4.75. The molecule has 80 valence electrons. The number of aliphatic hydroxyl groups excluding tert-OH is 1. The van der Waals surface area contributed by atoms with Gasteiger partial charge in [0.15, 0.2) is 0 Å². The molecule has 0 amide bonds. The molecule has 14 heavy (non-hydrogen) atoms. The molecular formula is C10H16OS3. The Hall–Kier alpha value is 0.360. The van der Waals surface area contributed by atoms with Gasteiger partial charge in [0.25, 0.3) is 0 Å². The van der Waals surface area contributed by atoms with Crippen LogP contribution in [0.5, 0.6) is 0 Å². The summed E-state index contributed by atoms with van der Waals surface area (Å²) in [5.74, 6) is 0. The van der Waals surface area contributed by atoms with Crippen molar-refractivity contribution in [3.05, 3.63) is 16.5 Å². The van der Waals surface area contributed by atoms with Crippen molar-refractivity contribution in [3.63, 3.8) is 0 Å². The summed E-state index contributed by atoms with van der Waals surface area (Å²) in [6, 6.07) is 2.25. The van der Waals surface area contributed by atoms with Crippen LogP contribution in [0.3, 0.4) is 0 Å². The fraction of sp³-hybridized carbons (Fsp3) is 0.600.